The molecule has 1 rings (SSSR count). The van der Waals surface area contributed by atoms with Gasteiger partial charge in [0.25, 0.3) is 3.92 Å². The zero-order valence-corrected chi connectivity index (χ0v) is 10.6. The number of hydroxylamine groups is 1. The minimum atomic E-state index is -1.95. The van der Waals surface area contributed by atoms with E-state index < -0.39 is 41.2 Å². The van der Waals surface area contributed by atoms with E-state index in [0.717, 1.165) is 0 Å². The van der Waals surface area contributed by atoms with Crippen LogP contribution in [0.25, 0.3) is 0 Å². The van der Waals surface area contributed by atoms with Crippen LogP contribution >= 0.6 is 34.8 Å². The smallest absolute Gasteiger partial charge is 0.266 e. The lowest BCUT2D eigenvalue weighted by molar-refractivity contribution is -0.316. The molecule has 1 heterocycles. The summed E-state index contributed by atoms with van der Waals surface area (Å²) >= 11 is 16.0. The van der Waals surface area contributed by atoms with Gasteiger partial charge in [0.1, 0.15) is 24.4 Å². The molecule has 1 saturated heterocycles. The van der Waals surface area contributed by atoms with Crippen LogP contribution in [0.1, 0.15) is 0 Å². The van der Waals surface area contributed by atoms with Crippen LogP contribution in [-0.2, 0) is 9.57 Å². The van der Waals surface area contributed by atoms with Gasteiger partial charge in [-0.1, -0.05) is 34.8 Å². The van der Waals surface area contributed by atoms with Crippen molar-refractivity contribution in [1.82, 2.24) is 5.48 Å². The molecule has 5 N–H and O–H groups in total. The van der Waals surface area contributed by atoms with Gasteiger partial charge in [-0.15, -0.1) is 0 Å². The van der Waals surface area contributed by atoms with Crippen molar-refractivity contribution in [3.05, 3.63) is 0 Å². The average Bonchev–Trinajstić information content (AvgIpc) is 2.24. The van der Waals surface area contributed by atoms with Gasteiger partial charge in [-0.3, -0.25) is 4.84 Å². The van der Waals surface area contributed by atoms with E-state index in [1.165, 1.54) is 0 Å². The molecular formula is C7H12Cl3NO6. The second-order valence-electron chi connectivity index (χ2n) is 3.41. The summed E-state index contributed by atoms with van der Waals surface area (Å²) in [6.45, 7) is -0.571. The molecule has 1 fully saturated rings. The van der Waals surface area contributed by atoms with Gasteiger partial charge in [0.05, 0.1) is 6.61 Å². The standard InChI is InChI=1S/C7H12Cl3NO6/c8-7(9,10)11-17-6-5(15)4(14)3(13)2(1-12)16-6/h2-6,11-15H,1H2. The Morgan fingerprint density at radius 2 is 1.71 bits per heavy atom. The number of halogens is 3. The van der Waals surface area contributed by atoms with Crippen molar-refractivity contribution in [3.63, 3.8) is 0 Å². The third-order valence-corrected chi connectivity index (χ3v) is 2.37. The Bertz CT molecular complexity index is 250. The molecule has 0 spiro atoms. The molecule has 0 radical (unpaired) electrons. The zero-order chi connectivity index (χ0) is 13.2. The van der Waals surface area contributed by atoms with E-state index in [2.05, 4.69) is 0 Å². The van der Waals surface area contributed by atoms with Crippen LogP contribution in [-0.4, -0.2) is 61.7 Å². The molecule has 102 valence electrons. The number of alkyl halides is 3. The minimum Gasteiger partial charge on any atom is -0.394 e. The Morgan fingerprint density at radius 3 is 2.18 bits per heavy atom. The number of rotatable bonds is 3. The van der Waals surface area contributed by atoms with Crippen molar-refractivity contribution in [2.24, 2.45) is 0 Å². The monoisotopic (exact) mass is 311 g/mol. The van der Waals surface area contributed by atoms with Gasteiger partial charge in [0.15, 0.2) is 0 Å². The Labute approximate surface area is 112 Å². The molecule has 0 aromatic heterocycles. The van der Waals surface area contributed by atoms with E-state index in [1.54, 1.807) is 0 Å². The maximum absolute atomic E-state index is 9.51. The number of aliphatic hydroxyl groups is 4. The molecule has 5 atom stereocenters. The lowest BCUT2D eigenvalue weighted by atomic mass is 9.99. The predicted molar refractivity (Wildman–Crippen MR) is 58.3 cm³/mol. The van der Waals surface area contributed by atoms with E-state index in [-0.39, 0.29) is 0 Å². The first-order chi connectivity index (χ1) is 7.76. The summed E-state index contributed by atoms with van der Waals surface area (Å²) in [5.41, 5.74) is 1.94. The topological polar surface area (TPSA) is 111 Å². The molecule has 0 aromatic rings. The van der Waals surface area contributed by atoms with Crippen molar-refractivity contribution >= 4 is 34.8 Å². The van der Waals surface area contributed by atoms with Gasteiger partial charge in [-0.25, -0.2) is 0 Å². The second-order valence-corrected chi connectivity index (χ2v) is 5.70. The molecule has 0 amide bonds. The molecule has 17 heavy (non-hydrogen) atoms. The molecule has 0 bridgehead atoms. The summed E-state index contributed by atoms with van der Waals surface area (Å²) in [5.74, 6) is 0. The molecule has 0 saturated carbocycles. The van der Waals surface area contributed by atoms with Crippen molar-refractivity contribution in [1.29, 1.82) is 0 Å². The van der Waals surface area contributed by atoms with Crippen molar-refractivity contribution in [3.8, 4) is 0 Å². The number of hydrogen-bond acceptors (Lipinski definition) is 7. The summed E-state index contributed by atoms with van der Waals surface area (Å²) in [6, 6.07) is 0. The van der Waals surface area contributed by atoms with E-state index in [4.69, 9.17) is 49.5 Å². The fraction of sp³-hybridized carbons (Fsp3) is 1.00. The van der Waals surface area contributed by atoms with Crippen LogP contribution in [0.2, 0.25) is 0 Å². The van der Waals surface area contributed by atoms with Gasteiger partial charge in [0.2, 0.25) is 6.29 Å². The molecule has 10 heteroatoms. The molecule has 5 unspecified atom stereocenters. The van der Waals surface area contributed by atoms with E-state index >= 15 is 0 Å². The van der Waals surface area contributed by atoms with Crippen LogP contribution < -0.4 is 5.48 Å². The molecule has 0 aliphatic carbocycles. The van der Waals surface area contributed by atoms with Gasteiger partial charge >= 0.3 is 0 Å². The van der Waals surface area contributed by atoms with E-state index in [0.29, 0.717) is 0 Å². The first-order valence-electron chi connectivity index (χ1n) is 4.56. The lowest BCUT2D eigenvalue weighted by Crippen LogP contribution is -2.60. The van der Waals surface area contributed by atoms with Crippen LogP contribution in [0, 0.1) is 0 Å². The number of hydrogen-bond donors (Lipinski definition) is 5. The van der Waals surface area contributed by atoms with Crippen LogP contribution in [0.15, 0.2) is 0 Å². The lowest BCUT2D eigenvalue weighted by Gasteiger charge is -2.39. The Hall–Kier alpha value is 0.590. The van der Waals surface area contributed by atoms with Crippen LogP contribution in [0.4, 0.5) is 0 Å². The molecule has 1 aliphatic rings. The SMILES string of the molecule is OCC1OC(ONC(Cl)(Cl)Cl)C(O)C(O)C1O. The Morgan fingerprint density at radius 1 is 1.12 bits per heavy atom. The summed E-state index contributed by atoms with van der Waals surface area (Å²) in [5, 5.41) is 37.2. The molecule has 1 aliphatic heterocycles. The van der Waals surface area contributed by atoms with E-state index in [1.807, 2.05) is 5.48 Å². The fourth-order valence-electron chi connectivity index (χ4n) is 1.29. The van der Waals surface area contributed by atoms with Crippen molar-refractivity contribution < 1.29 is 30.0 Å². The predicted octanol–water partition coefficient (Wildman–Crippen LogP) is -1.36. The minimum absolute atomic E-state index is 0.571. The highest BCUT2D eigenvalue weighted by molar-refractivity contribution is 6.67. The fourth-order valence-corrected chi connectivity index (χ4v) is 1.42. The summed E-state index contributed by atoms with van der Waals surface area (Å²) in [4.78, 5) is 4.71. The van der Waals surface area contributed by atoms with Crippen molar-refractivity contribution in [2.75, 3.05) is 6.61 Å². The Balaban J connectivity index is 2.59. The highest BCUT2D eigenvalue weighted by Gasteiger charge is 2.44. The third-order valence-electron chi connectivity index (χ3n) is 2.14. The largest absolute Gasteiger partial charge is 0.394 e. The number of aliphatic hydroxyl groups excluding tert-OH is 4. The average molecular weight is 313 g/mol. The van der Waals surface area contributed by atoms with Crippen LogP contribution in [0.3, 0.4) is 0 Å². The summed E-state index contributed by atoms with van der Waals surface area (Å²) in [6.07, 6.45) is -7.07. The normalized spacial score (nSPS) is 39.4. The number of nitrogens with one attached hydrogen (secondary N) is 1. The van der Waals surface area contributed by atoms with Gasteiger partial charge in [-0.05, 0) is 0 Å². The molecule has 7 nitrogen and oxygen atoms in total. The second kappa shape index (κ2) is 6.16. The number of ether oxygens (including phenoxy) is 1. The zero-order valence-electron chi connectivity index (χ0n) is 8.33. The van der Waals surface area contributed by atoms with Crippen LogP contribution in [0.5, 0.6) is 0 Å². The third kappa shape index (κ3) is 4.32. The van der Waals surface area contributed by atoms with Gasteiger partial charge in [-0.2, -0.15) is 5.48 Å². The first kappa shape index (κ1) is 15.6. The molecular weight excluding hydrogens is 300 g/mol. The summed E-state index contributed by atoms with van der Waals surface area (Å²) < 4.78 is 3.01. The highest BCUT2D eigenvalue weighted by Crippen LogP contribution is 2.25. The Kier molecular flexibility index (Phi) is 5.67. The summed E-state index contributed by atoms with van der Waals surface area (Å²) in [7, 11) is 0. The maximum Gasteiger partial charge on any atom is 0.266 e. The molecule has 0 aromatic carbocycles. The van der Waals surface area contributed by atoms with Gasteiger partial charge in [0, 0.05) is 0 Å². The highest BCUT2D eigenvalue weighted by atomic mass is 35.6. The first-order valence-corrected chi connectivity index (χ1v) is 5.69. The quantitative estimate of drug-likeness (QED) is 0.248. The van der Waals surface area contributed by atoms with E-state index in [9.17, 15) is 15.3 Å². The van der Waals surface area contributed by atoms with Crippen molar-refractivity contribution in [2.45, 2.75) is 34.6 Å². The van der Waals surface area contributed by atoms with Gasteiger partial charge < -0.3 is 25.2 Å². The maximum atomic E-state index is 9.51.